The van der Waals surface area contributed by atoms with Crippen molar-refractivity contribution in [2.24, 2.45) is 0 Å². The molecule has 0 saturated heterocycles. The summed E-state index contributed by atoms with van der Waals surface area (Å²) >= 11 is 0. The second kappa shape index (κ2) is 6.31. The lowest BCUT2D eigenvalue weighted by Crippen LogP contribution is -2.03. The van der Waals surface area contributed by atoms with Crippen molar-refractivity contribution in [1.29, 1.82) is 0 Å². The van der Waals surface area contributed by atoms with E-state index in [9.17, 15) is 0 Å². The summed E-state index contributed by atoms with van der Waals surface area (Å²) < 4.78 is 13.1. The predicted molar refractivity (Wildman–Crippen MR) is 110 cm³/mol. The van der Waals surface area contributed by atoms with Gasteiger partial charge in [-0.2, -0.15) is 0 Å². The highest BCUT2D eigenvalue weighted by molar-refractivity contribution is 5.85. The van der Waals surface area contributed by atoms with Crippen molar-refractivity contribution in [3.8, 4) is 22.9 Å². The minimum Gasteiger partial charge on any atom is -0.454 e. The monoisotopic (exact) mass is 380 g/mol. The standard InChI is InChI=1S/C23H16N4O2/c1-2-6-16(7-3-1)22-26-21-23(25-18-9-5-4-8-17(18)24-21)27(22)13-15-10-11-19-20(12-15)29-14-28-19/h1-12H,13-14H2. The molecule has 0 bridgehead atoms. The highest BCUT2D eigenvalue weighted by atomic mass is 16.7. The number of fused-ring (bicyclic) bond motifs is 3. The zero-order chi connectivity index (χ0) is 19.2. The number of imidazole rings is 1. The second-order valence-electron chi connectivity index (χ2n) is 6.93. The molecule has 29 heavy (non-hydrogen) atoms. The Hall–Kier alpha value is -3.93. The fourth-order valence-electron chi connectivity index (χ4n) is 3.68. The summed E-state index contributed by atoms with van der Waals surface area (Å²) in [7, 11) is 0. The lowest BCUT2D eigenvalue weighted by atomic mass is 10.2. The summed E-state index contributed by atoms with van der Waals surface area (Å²) in [4.78, 5) is 14.5. The van der Waals surface area contributed by atoms with Crippen LogP contribution in [0.25, 0.3) is 33.7 Å². The van der Waals surface area contributed by atoms with Crippen molar-refractivity contribution in [2.45, 2.75) is 6.54 Å². The summed E-state index contributed by atoms with van der Waals surface area (Å²) in [5.74, 6) is 2.39. The Morgan fingerprint density at radius 1 is 0.759 bits per heavy atom. The number of hydrogen-bond donors (Lipinski definition) is 0. The lowest BCUT2D eigenvalue weighted by molar-refractivity contribution is 0.174. The van der Waals surface area contributed by atoms with Crippen molar-refractivity contribution in [3.63, 3.8) is 0 Å². The smallest absolute Gasteiger partial charge is 0.231 e. The Morgan fingerprint density at radius 3 is 2.38 bits per heavy atom. The van der Waals surface area contributed by atoms with Crippen LogP contribution in [0.3, 0.4) is 0 Å². The molecule has 0 N–H and O–H groups in total. The molecule has 3 heterocycles. The van der Waals surface area contributed by atoms with Crippen molar-refractivity contribution in [1.82, 2.24) is 19.5 Å². The van der Waals surface area contributed by atoms with E-state index in [0.717, 1.165) is 45.1 Å². The molecule has 1 aliphatic heterocycles. The second-order valence-corrected chi connectivity index (χ2v) is 6.93. The van der Waals surface area contributed by atoms with E-state index in [-0.39, 0.29) is 6.79 Å². The van der Waals surface area contributed by atoms with E-state index in [2.05, 4.69) is 16.7 Å². The number of hydrogen-bond acceptors (Lipinski definition) is 5. The molecule has 1 aliphatic rings. The zero-order valence-electron chi connectivity index (χ0n) is 15.4. The Morgan fingerprint density at radius 2 is 1.52 bits per heavy atom. The Kier molecular flexibility index (Phi) is 3.49. The fourth-order valence-corrected chi connectivity index (χ4v) is 3.68. The molecule has 6 heteroatoms. The SMILES string of the molecule is c1ccc(-c2nc3nc4ccccc4nc3n2Cc2ccc3c(c2)OCO3)cc1. The summed E-state index contributed by atoms with van der Waals surface area (Å²) in [6.45, 7) is 0.865. The molecular formula is C23H16N4O2. The van der Waals surface area contributed by atoms with Gasteiger partial charge in [0.05, 0.1) is 17.6 Å². The van der Waals surface area contributed by atoms with Crippen LogP contribution in [0.4, 0.5) is 0 Å². The van der Waals surface area contributed by atoms with E-state index >= 15 is 0 Å². The molecule has 0 aliphatic carbocycles. The van der Waals surface area contributed by atoms with Crippen LogP contribution >= 0.6 is 0 Å². The molecule has 0 fully saturated rings. The predicted octanol–water partition coefficient (Wildman–Crippen LogP) is 4.42. The first-order valence-electron chi connectivity index (χ1n) is 9.42. The largest absolute Gasteiger partial charge is 0.454 e. The fraction of sp³-hybridized carbons (Fsp3) is 0.0870. The van der Waals surface area contributed by atoms with Gasteiger partial charge in [0.1, 0.15) is 5.82 Å². The van der Waals surface area contributed by atoms with Crippen LogP contribution < -0.4 is 9.47 Å². The van der Waals surface area contributed by atoms with Gasteiger partial charge in [0, 0.05) is 5.56 Å². The van der Waals surface area contributed by atoms with Crippen LogP contribution in [0.1, 0.15) is 5.56 Å². The number of ether oxygens (including phenoxy) is 2. The quantitative estimate of drug-likeness (QED) is 0.464. The van der Waals surface area contributed by atoms with E-state index in [1.807, 2.05) is 60.7 Å². The van der Waals surface area contributed by atoms with Gasteiger partial charge in [-0.1, -0.05) is 48.5 Å². The summed E-state index contributed by atoms with van der Waals surface area (Å²) in [6, 6.07) is 24.0. The molecule has 140 valence electrons. The number of rotatable bonds is 3. The number of benzene rings is 3. The highest BCUT2D eigenvalue weighted by Gasteiger charge is 2.18. The molecule has 6 nitrogen and oxygen atoms in total. The van der Waals surface area contributed by atoms with Gasteiger partial charge in [-0.25, -0.2) is 15.0 Å². The van der Waals surface area contributed by atoms with Gasteiger partial charge in [-0.15, -0.1) is 0 Å². The van der Waals surface area contributed by atoms with E-state index in [1.165, 1.54) is 0 Å². The number of para-hydroxylation sites is 2. The molecular weight excluding hydrogens is 364 g/mol. The molecule has 0 amide bonds. The van der Waals surface area contributed by atoms with Gasteiger partial charge >= 0.3 is 0 Å². The first kappa shape index (κ1) is 16.1. The van der Waals surface area contributed by atoms with Gasteiger partial charge in [-0.05, 0) is 29.8 Å². The average Bonchev–Trinajstić information content (AvgIpc) is 3.37. The molecule has 0 saturated carbocycles. The summed E-state index contributed by atoms with van der Waals surface area (Å²) in [5.41, 5.74) is 5.21. The van der Waals surface area contributed by atoms with Gasteiger partial charge in [0.15, 0.2) is 22.8 Å². The van der Waals surface area contributed by atoms with Gasteiger partial charge in [0.25, 0.3) is 0 Å². The number of aromatic nitrogens is 4. The third kappa shape index (κ3) is 2.69. The van der Waals surface area contributed by atoms with E-state index in [4.69, 9.17) is 24.4 Å². The van der Waals surface area contributed by atoms with Crippen molar-refractivity contribution in [3.05, 3.63) is 78.4 Å². The minimum absolute atomic E-state index is 0.263. The first-order chi connectivity index (χ1) is 14.3. The Labute approximate surface area is 166 Å². The minimum atomic E-state index is 0.263. The maximum atomic E-state index is 5.54. The molecule has 6 rings (SSSR count). The van der Waals surface area contributed by atoms with Crippen LogP contribution in [-0.4, -0.2) is 26.3 Å². The third-order valence-electron chi connectivity index (χ3n) is 5.07. The number of nitrogens with zero attached hydrogens (tertiary/aromatic N) is 4. The summed E-state index contributed by atoms with van der Waals surface area (Å²) in [5, 5.41) is 0. The van der Waals surface area contributed by atoms with Crippen LogP contribution in [0.5, 0.6) is 11.5 Å². The van der Waals surface area contributed by atoms with Crippen LogP contribution in [0.15, 0.2) is 72.8 Å². The topological polar surface area (TPSA) is 62.1 Å². The van der Waals surface area contributed by atoms with Crippen molar-refractivity contribution in [2.75, 3.05) is 6.79 Å². The molecule has 0 radical (unpaired) electrons. The van der Waals surface area contributed by atoms with Crippen molar-refractivity contribution >= 4 is 22.3 Å². The van der Waals surface area contributed by atoms with E-state index in [0.29, 0.717) is 12.2 Å². The average molecular weight is 380 g/mol. The van der Waals surface area contributed by atoms with Gasteiger partial charge in [0.2, 0.25) is 6.79 Å². The van der Waals surface area contributed by atoms with Crippen LogP contribution in [0, 0.1) is 0 Å². The van der Waals surface area contributed by atoms with Gasteiger partial charge < -0.3 is 14.0 Å². The zero-order valence-corrected chi connectivity index (χ0v) is 15.4. The molecule has 0 unspecified atom stereocenters. The van der Waals surface area contributed by atoms with Crippen LogP contribution in [-0.2, 0) is 6.54 Å². The molecule has 3 aromatic carbocycles. The van der Waals surface area contributed by atoms with Crippen LogP contribution in [0.2, 0.25) is 0 Å². The lowest BCUT2D eigenvalue weighted by Gasteiger charge is -2.10. The molecule has 0 atom stereocenters. The molecule has 2 aromatic heterocycles. The van der Waals surface area contributed by atoms with E-state index in [1.54, 1.807) is 0 Å². The summed E-state index contributed by atoms with van der Waals surface area (Å²) in [6.07, 6.45) is 0. The maximum absolute atomic E-state index is 5.54. The molecule has 5 aromatic rings. The maximum Gasteiger partial charge on any atom is 0.231 e. The highest BCUT2D eigenvalue weighted by Crippen LogP contribution is 2.33. The van der Waals surface area contributed by atoms with Gasteiger partial charge in [-0.3, -0.25) is 0 Å². The normalized spacial score (nSPS) is 12.7. The Bertz CT molecular complexity index is 1360. The molecule has 0 spiro atoms. The first-order valence-corrected chi connectivity index (χ1v) is 9.42. The van der Waals surface area contributed by atoms with E-state index < -0.39 is 0 Å². The van der Waals surface area contributed by atoms with Crippen molar-refractivity contribution < 1.29 is 9.47 Å². The Balaban J connectivity index is 1.56. The third-order valence-corrected chi connectivity index (χ3v) is 5.07.